The third kappa shape index (κ3) is 1.63. The third-order valence-electron chi connectivity index (χ3n) is 5.27. The van der Waals surface area contributed by atoms with E-state index in [0.717, 1.165) is 32.1 Å². The van der Waals surface area contributed by atoms with Crippen LogP contribution in [0.15, 0.2) is 24.3 Å². The summed E-state index contributed by atoms with van der Waals surface area (Å²) in [5, 5.41) is 10.9. The summed E-state index contributed by atoms with van der Waals surface area (Å²) in [7, 11) is 0. The average Bonchev–Trinajstić information content (AvgIpc) is 2.36. The molecule has 2 aliphatic rings. The summed E-state index contributed by atoms with van der Waals surface area (Å²) >= 11 is 0. The van der Waals surface area contributed by atoms with Crippen LogP contribution in [-0.4, -0.2) is 17.3 Å². The van der Waals surface area contributed by atoms with Crippen molar-refractivity contribution >= 4 is 0 Å². The Morgan fingerprint density at radius 1 is 1.28 bits per heavy atom. The van der Waals surface area contributed by atoms with Crippen LogP contribution in [0.4, 0.5) is 0 Å². The van der Waals surface area contributed by atoms with Gasteiger partial charge in [-0.1, -0.05) is 31.2 Å². The lowest BCUT2D eigenvalue weighted by atomic mass is 9.52. The van der Waals surface area contributed by atoms with Gasteiger partial charge in [-0.25, -0.2) is 0 Å². The number of fused-ring (bicyclic) bond motifs is 1. The van der Waals surface area contributed by atoms with E-state index in [1.54, 1.807) is 0 Å². The Bertz CT molecular complexity index is 450. The maximum atomic E-state index is 10.9. The molecule has 2 nitrogen and oxygen atoms in total. The normalized spacial score (nSPS) is 38.9. The first-order valence-corrected chi connectivity index (χ1v) is 7.08. The summed E-state index contributed by atoms with van der Waals surface area (Å²) in [6, 6.07) is 8.61. The fourth-order valence-corrected chi connectivity index (χ4v) is 4.09. The molecular formula is C16H23NO. The van der Waals surface area contributed by atoms with Crippen molar-refractivity contribution < 1.29 is 5.11 Å². The SMILES string of the molecule is CC1CC(O)(C2(CN)CCc3ccccc3C2)C1. The highest BCUT2D eigenvalue weighted by Gasteiger charge is 2.56. The molecule has 1 saturated carbocycles. The molecule has 0 bridgehead atoms. The number of hydrogen-bond acceptors (Lipinski definition) is 2. The van der Waals surface area contributed by atoms with Gasteiger partial charge < -0.3 is 10.8 Å². The smallest absolute Gasteiger partial charge is 0.0724 e. The third-order valence-corrected chi connectivity index (χ3v) is 5.27. The van der Waals surface area contributed by atoms with Crippen LogP contribution in [0, 0.1) is 11.3 Å². The Morgan fingerprint density at radius 2 is 1.94 bits per heavy atom. The molecule has 0 radical (unpaired) electrons. The summed E-state index contributed by atoms with van der Waals surface area (Å²) in [4.78, 5) is 0. The Balaban J connectivity index is 1.92. The van der Waals surface area contributed by atoms with Crippen LogP contribution in [0.5, 0.6) is 0 Å². The number of rotatable bonds is 2. The molecule has 0 saturated heterocycles. The van der Waals surface area contributed by atoms with Crippen LogP contribution in [-0.2, 0) is 12.8 Å². The van der Waals surface area contributed by atoms with Crippen molar-refractivity contribution in [2.75, 3.05) is 6.54 Å². The van der Waals surface area contributed by atoms with Gasteiger partial charge in [-0.05, 0) is 49.1 Å². The minimum Gasteiger partial charge on any atom is -0.389 e. The maximum absolute atomic E-state index is 10.9. The second-order valence-electron chi connectivity index (χ2n) is 6.47. The summed E-state index contributed by atoms with van der Waals surface area (Å²) < 4.78 is 0. The van der Waals surface area contributed by atoms with Crippen molar-refractivity contribution in [2.45, 2.75) is 44.6 Å². The van der Waals surface area contributed by atoms with E-state index in [4.69, 9.17) is 5.73 Å². The predicted molar refractivity (Wildman–Crippen MR) is 73.3 cm³/mol. The Kier molecular flexibility index (Phi) is 2.76. The number of nitrogens with two attached hydrogens (primary N) is 1. The second kappa shape index (κ2) is 4.07. The van der Waals surface area contributed by atoms with E-state index in [0.29, 0.717) is 12.5 Å². The zero-order valence-electron chi connectivity index (χ0n) is 11.2. The van der Waals surface area contributed by atoms with Crippen molar-refractivity contribution in [3.63, 3.8) is 0 Å². The molecule has 2 heteroatoms. The van der Waals surface area contributed by atoms with Gasteiger partial charge in [-0.2, -0.15) is 0 Å². The van der Waals surface area contributed by atoms with E-state index >= 15 is 0 Å². The number of benzene rings is 1. The van der Waals surface area contributed by atoms with Crippen LogP contribution in [0.3, 0.4) is 0 Å². The highest BCUT2D eigenvalue weighted by Crippen LogP contribution is 2.54. The number of hydrogen-bond donors (Lipinski definition) is 2. The Hall–Kier alpha value is -0.860. The molecule has 98 valence electrons. The minimum absolute atomic E-state index is 0.0894. The van der Waals surface area contributed by atoms with Crippen molar-refractivity contribution in [2.24, 2.45) is 17.1 Å². The molecule has 0 heterocycles. The van der Waals surface area contributed by atoms with E-state index < -0.39 is 5.60 Å². The van der Waals surface area contributed by atoms with Crippen molar-refractivity contribution in [1.82, 2.24) is 0 Å². The first-order valence-electron chi connectivity index (χ1n) is 7.08. The zero-order chi connectivity index (χ0) is 12.8. The van der Waals surface area contributed by atoms with Gasteiger partial charge in [-0.15, -0.1) is 0 Å². The van der Waals surface area contributed by atoms with E-state index in [-0.39, 0.29) is 5.41 Å². The molecule has 0 amide bonds. The number of aliphatic hydroxyl groups is 1. The van der Waals surface area contributed by atoms with Gasteiger partial charge in [0.05, 0.1) is 5.60 Å². The van der Waals surface area contributed by atoms with E-state index in [2.05, 4.69) is 31.2 Å². The van der Waals surface area contributed by atoms with Gasteiger partial charge in [0.15, 0.2) is 0 Å². The summed E-state index contributed by atoms with van der Waals surface area (Å²) in [5.41, 5.74) is 8.30. The summed E-state index contributed by atoms with van der Waals surface area (Å²) in [6.45, 7) is 2.82. The molecule has 2 aliphatic carbocycles. The lowest BCUT2D eigenvalue weighted by Gasteiger charge is -2.57. The molecule has 3 rings (SSSR count). The molecule has 1 aromatic rings. The molecule has 1 atom stereocenters. The van der Waals surface area contributed by atoms with Gasteiger partial charge in [0.1, 0.15) is 0 Å². The molecule has 1 unspecified atom stereocenters. The van der Waals surface area contributed by atoms with Crippen LogP contribution >= 0.6 is 0 Å². The Labute approximate surface area is 109 Å². The Morgan fingerprint density at radius 3 is 2.56 bits per heavy atom. The van der Waals surface area contributed by atoms with E-state index in [9.17, 15) is 5.11 Å². The lowest BCUT2D eigenvalue weighted by Crippen LogP contribution is -2.61. The second-order valence-corrected chi connectivity index (χ2v) is 6.47. The number of aryl methyl sites for hydroxylation is 1. The van der Waals surface area contributed by atoms with Gasteiger partial charge >= 0.3 is 0 Å². The zero-order valence-corrected chi connectivity index (χ0v) is 11.2. The molecule has 0 aromatic heterocycles. The molecule has 1 fully saturated rings. The fourth-order valence-electron chi connectivity index (χ4n) is 4.09. The van der Waals surface area contributed by atoms with Gasteiger partial charge in [0.25, 0.3) is 0 Å². The molecule has 0 spiro atoms. The average molecular weight is 245 g/mol. The van der Waals surface area contributed by atoms with Crippen molar-refractivity contribution in [1.29, 1.82) is 0 Å². The van der Waals surface area contributed by atoms with Crippen LogP contribution in [0.1, 0.15) is 37.3 Å². The van der Waals surface area contributed by atoms with Gasteiger partial charge in [-0.3, -0.25) is 0 Å². The molecule has 18 heavy (non-hydrogen) atoms. The summed E-state index contributed by atoms with van der Waals surface area (Å²) in [5.74, 6) is 0.649. The van der Waals surface area contributed by atoms with E-state index in [1.165, 1.54) is 11.1 Å². The quantitative estimate of drug-likeness (QED) is 0.839. The van der Waals surface area contributed by atoms with Crippen LogP contribution in [0.2, 0.25) is 0 Å². The predicted octanol–water partition coefficient (Wildman–Crippen LogP) is 2.28. The first kappa shape index (κ1) is 12.2. The van der Waals surface area contributed by atoms with E-state index in [1.807, 2.05) is 0 Å². The van der Waals surface area contributed by atoms with Gasteiger partial charge in [0.2, 0.25) is 0 Å². The van der Waals surface area contributed by atoms with Crippen LogP contribution in [0.25, 0.3) is 0 Å². The highest BCUT2D eigenvalue weighted by molar-refractivity contribution is 5.33. The monoisotopic (exact) mass is 245 g/mol. The van der Waals surface area contributed by atoms with Crippen molar-refractivity contribution in [3.8, 4) is 0 Å². The largest absolute Gasteiger partial charge is 0.389 e. The highest BCUT2D eigenvalue weighted by atomic mass is 16.3. The molecular weight excluding hydrogens is 222 g/mol. The summed E-state index contributed by atoms with van der Waals surface area (Å²) in [6.07, 6.45) is 4.88. The molecule has 0 aliphatic heterocycles. The maximum Gasteiger partial charge on any atom is 0.0724 e. The van der Waals surface area contributed by atoms with Gasteiger partial charge in [0, 0.05) is 12.0 Å². The lowest BCUT2D eigenvalue weighted by molar-refractivity contribution is -0.165. The molecule has 1 aromatic carbocycles. The fraction of sp³-hybridized carbons (Fsp3) is 0.625. The standard InChI is InChI=1S/C16H23NO/c1-12-8-16(18,9-12)15(11-17)7-6-13-4-2-3-5-14(13)10-15/h2-5,12,18H,6-11,17H2,1H3. The first-order chi connectivity index (χ1) is 8.59. The minimum atomic E-state index is -0.519. The van der Waals surface area contributed by atoms with Crippen molar-refractivity contribution in [3.05, 3.63) is 35.4 Å². The topological polar surface area (TPSA) is 46.2 Å². The van der Waals surface area contributed by atoms with Crippen LogP contribution < -0.4 is 5.73 Å². The molecule has 3 N–H and O–H groups in total.